The van der Waals surface area contributed by atoms with Crippen molar-refractivity contribution >= 4 is 33.4 Å². The molecule has 0 saturated carbocycles. The number of methoxy groups -OCH3 is 3. The van der Waals surface area contributed by atoms with E-state index in [2.05, 4.69) is 15.9 Å². The molecule has 9 heteroatoms. The van der Waals surface area contributed by atoms with Gasteiger partial charge in [0.25, 0.3) is 0 Å². The summed E-state index contributed by atoms with van der Waals surface area (Å²) in [4.78, 5) is 31.7. The monoisotopic (exact) mass is 571 g/mol. The van der Waals surface area contributed by atoms with E-state index in [1.54, 1.807) is 40.2 Å². The molecule has 0 bridgehead atoms. The normalized spacial score (nSPS) is 21.2. The molecule has 3 atom stereocenters. The third-order valence-electron chi connectivity index (χ3n) is 6.94. The van der Waals surface area contributed by atoms with E-state index in [9.17, 15) is 14.7 Å². The molecule has 1 aliphatic heterocycles. The standard InChI is InChI=1S/C28H30BrNO7/c1-6-37-28(33)24-14(2)30-19-10-16(15-7-8-21(34-3)22(12-15)35-4)11-20(31)26(19)25(24)17-9-18(29)27(32)23(13-17)36-5/h7-9,12-13,16,24-25,32H,6,10-11H2,1-5H3. The van der Waals surface area contributed by atoms with Crippen molar-refractivity contribution in [3.63, 3.8) is 0 Å². The van der Waals surface area contributed by atoms with Crippen LogP contribution in [-0.4, -0.2) is 50.5 Å². The lowest BCUT2D eigenvalue weighted by atomic mass is 9.69. The van der Waals surface area contributed by atoms with Crippen molar-refractivity contribution in [1.82, 2.24) is 0 Å². The van der Waals surface area contributed by atoms with Gasteiger partial charge in [0, 0.05) is 29.3 Å². The van der Waals surface area contributed by atoms with E-state index in [4.69, 9.17) is 23.9 Å². The number of hydrogen-bond acceptors (Lipinski definition) is 8. The molecule has 37 heavy (non-hydrogen) atoms. The lowest BCUT2D eigenvalue weighted by Crippen LogP contribution is -2.38. The zero-order valence-corrected chi connectivity index (χ0v) is 23.0. The highest BCUT2D eigenvalue weighted by Crippen LogP contribution is 2.49. The van der Waals surface area contributed by atoms with Gasteiger partial charge in [-0.1, -0.05) is 6.07 Å². The molecule has 8 nitrogen and oxygen atoms in total. The Balaban J connectivity index is 1.83. The summed E-state index contributed by atoms with van der Waals surface area (Å²) in [6.07, 6.45) is 0.779. The number of ketones is 1. The molecule has 2 aliphatic rings. The van der Waals surface area contributed by atoms with Crippen molar-refractivity contribution in [3.8, 4) is 23.0 Å². The highest BCUT2D eigenvalue weighted by molar-refractivity contribution is 9.10. The second-order valence-electron chi connectivity index (χ2n) is 9.02. The maximum atomic E-state index is 13.8. The van der Waals surface area contributed by atoms with Gasteiger partial charge in [-0.2, -0.15) is 0 Å². The number of carbonyl (C=O) groups is 2. The summed E-state index contributed by atoms with van der Waals surface area (Å²) in [5.41, 5.74) is 3.33. The summed E-state index contributed by atoms with van der Waals surface area (Å²) in [6, 6.07) is 9.03. The molecule has 1 N–H and O–H groups in total. The third-order valence-corrected chi connectivity index (χ3v) is 7.54. The Bertz CT molecular complexity index is 1300. The Morgan fingerprint density at radius 2 is 1.70 bits per heavy atom. The predicted octanol–water partition coefficient (Wildman–Crippen LogP) is 5.32. The van der Waals surface area contributed by atoms with E-state index in [0.29, 0.717) is 44.9 Å². The van der Waals surface area contributed by atoms with E-state index in [1.165, 1.54) is 7.11 Å². The van der Waals surface area contributed by atoms with E-state index in [-0.39, 0.29) is 36.2 Å². The van der Waals surface area contributed by atoms with Gasteiger partial charge >= 0.3 is 5.97 Å². The minimum atomic E-state index is -0.776. The van der Waals surface area contributed by atoms with Crippen molar-refractivity contribution in [2.75, 3.05) is 27.9 Å². The van der Waals surface area contributed by atoms with E-state index < -0.39 is 17.8 Å². The van der Waals surface area contributed by atoms with Gasteiger partial charge in [-0.05, 0) is 77.5 Å². The van der Waals surface area contributed by atoms with Gasteiger partial charge in [0.2, 0.25) is 0 Å². The SMILES string of the molecule is CCOC(=O)C1C(C)=NC2=C(C(=O)CC(c3ccc(OC)c(OC)c3)C2)C1c1cc(Br)c(O)c(OC)c1. The van der Waals surface area contributed by atoms with Gasteiger partial charge in [-0.25, -0.2) is 0 Å². The molecule has 0 radical (unpaired) electrons. The number of ether oxygens (including phenoxy) is 4. The quantitative estimate of drug-likeness (QED) is 0.448. The summed E-state index contributed by atoms with van der Waals surface area (Å²) in [7, 11) is 4.61. The van der Waals surface area contributed by atoms with Crippen LogP contribution in [0.25, 0.3) is 0 Å². The van der Waals surface area contributed by atoms with Crippen LogP contribution in [-0.2, 0) is 14.3 Å². The fourth-order valence-corrected chi connectivity index (χ4v) is 5.69. The number of Topliss-reactive ketones (excluding diaryl/α,β-unsaturated/α-hetero) is 1. The minimum absolute atomic E-state index is 0.0576. The first-order valence-corrected chi connectivity index (χ1v) is 12.8. The molecule has 196 valence electrons. The number of esters is 1. The zero-order valence-electron chi connectivity index (χ0n) is 21.5. The van der Waals surface area contributed by atoms with E-state index in [0.717, 1.165) is 5.56 Å². The van der Waals surface area contributed by atoms with Crippen LogP contribution < -0.4 is 14.2 Å². The van der Waals surface area contributed by atoms with Crippen LogP contribution in [0.3, 0.4) is 0 Å². The Hall–Kier alpha value is -3.33. The van der Waals surface area contributed by atoms with Crippen molar-refractivity contribution < 1.29 is 33.6 Å². The Morgan fingerprint density at radius 1 is 1.03 bits per heavy atom. The molecule has 0 aromatic heterocycles. The fourth-order valence-electron chi connectivity index (χ4n) is 5.23. The molecular formula is C28H30BrNO7. The topological polar surface area (TPSA) is 104 Å². The molecule has 0 amide bonds. The number of benzene rings is 2. The summed E-state index contributed by atoms with van der Waals surface area (Å²) < 4.78 is 22.0. The van der Waals surface area contributed by atoms with Crippen molar-refractivity contribution in [1.29, 1.82) is 0 Å². The molecule has 1 aliphatic carbocycles. The van der Waals surface area contributed by atoms with Gasteiger partial charge < -0.3 is 24.1 Å². The second-order valence-corrected chi connectivity index (χ2v) is 9.87. The number of allylic oxidation sites excluding steroid dienone is 2. The first-order chi connectivity index (χ1) is 17.7. The third kappa shape index (κ3) is 4.97. The number of halogens is 1. The van der Waals surface area contributed by atoms with Crippen molar-refractivity contribution in [2.24, 2.45) is 10.9 Å². The van der Waals surface area contributed by atoms with Crippen LogP contribution in [0.1, 0.15) is 49.7 Å². The predicted molar refractivity (Wildman–Crippen MR) is 142 cm³/mol. The number of phenolic OH excluding ortho intramolecular Hbond substituents is 1. The second kappa shape index (κ2) is 11.0. The number of carbonyl (C=O) groups excluding carboxylic acids is 2. The van der Waals surface area contributed by atoms with Crippen LogP contribution in [0.4, 0.5) is 0 Å². The Labute approximate surface area is 224 Å². The van der Waals surface area contributed by atoms with Gasteiger partial charge in [0.05, 0.1) is 32.4 Å². The van der Waals surface area contributed by atoms with Gasteiger partial charge in [0.15, 0.2) is 28.8 Å². The molecule has 2 aromatic carbocycles. The smallest absolute Gasteiger partial charge is 0.315 e. The van der Waals surface area contributed by atoms with Crippen molar-refractivity contribution in [3.05, 3.63) is 57.2 Å². The minimum Gasteiger partial charge on any atom is -0.503 e. The van der Waals surface area contributed by atoms with E-state index >= 15 is 0 Å². The highest BCUT2D eigenvalue weighted by atomic mass is 79.9. The van der Waals surface area contributed by atoms with Crippen LogP contribution in [0.15, 0.2) is 51.1 Å². The van der Waals surface area contributed by atoms with Gasteiger partial charge in [0.1, 0.15) is 5.92 Å². The molecule has 0 saturated heterocycles. The number of hydrogen-bond donors (Lipinski definition) is 1. The van der Waals surface area contributed by atoms with E-state index in [1.807, 2.05) is 18.2 Å². The molecule has 4 rings (SSSR count). The number of aromatic hydroxyl groups is 1. The van der Waals surface area contributed by atoms with Crippen LogP contribution in [0.5, 0.6) is 23.0 Å². The molecule has 3 unspecified atom stereocenters. The Morgan fingerprint density at radius 3 is 2.35 bits per heavy atom. The summed E-state index contributed by atoms with van der Waals surface area (Å²) in [5, 5.41) is 10.4. The molecule has 0 spiro atoms. The van der Waals surface area contributed by atoms with Gasteiger partial charge in [-0.15, -0.1) is 0 Å². The summed E-state index contributed by atoms with van der Waals surface area (Å²) in [6.45, 7) is 3.74. The summed E-state index contributed by atoms with van der Waals surface area (Å²) >= 11 is 3.38. The average molecular weight is 572 g/mol. The lowest BCUT2D eigenvalue weighted by molar-refractivity contribution is -0.146. The summed E-state index contributed by atoms with van der Waals surface area (Å²) in [5.74, 6) is -0.654. The molecular weight excluding hydrogens is 542 g/mol. The molecule has 0 fully saturated rings. The lowest BCUT2D eigenvalue weighted by Gasteiger charge is -2.36. The fraction of sp³-hybridized carbons (Fsp3) is 0.393. The van der Waals surface area contributed by atoms with Crippen molar-refractivity contribution in [2.45, 2.75) is 38.5 Å². The van der Waals surface area contributed by atoms with Crippen LogP contribution in [0, 0.1) is 5.92 Å². The molecule has 1 heterocycles. The number of aliphatic imine (C=N–C) groups is 1. The van der Waals surface area contributed by atoms with Crippen LogP contribution >= 0.6 is 15.9 Å². The number of rotatable bonds is 7. The maximum Gasteiger partial charge on any atom is 0.315 e. The number of nitrogens with zero attached hydrogens (tertiary/aromatic N) is 1. The number of phenols is 1. The molecule has 2 aromatic rings. The average Bonchev–Trinajstić information content (AvgIpc) is 2.88. The first-order valence-electron chi connectivity index (χ1n) is 12.0. The highest BCUT2D eigenvalue weighted by Gasteiger charge is 2.45. The zero-order chi connectivity index (χ0) is 26.9. The van der Waals surface area contributed by atoms with Crippen LogP contribution in [0.2, 0.25) is 0 Å². The maximum absolute atomic E-state index is 13.8. The first kappa shape index (κ1) is 26.7. The van der Waals surface area contributed by atoms with Gasteiger partial charge in [-0.3, -0.25) is 14.6 Å². The Kier molecular flexibility index (Phi) is 7.92. The largest absolute Gasteiger partial charge is 0.503 e.